The molecule has 0 saturated carbocycles. The van der Waals surface area contributed by atoms with Gasteiger partial charge in [-0.3, -0.25) is 0 Å². The average molecular weight is 322 g/mol. The molecule has 0 amide bonds. The van der Waals surface area contributed by atoms with Gasteiger partial charge >= 0.3 is 0 Å². The van der Waals surface area contributed by atoms with Crippen LogP contribution < -0.4 is 4.57 Å². The molecule has 0 fully saturated rings. The molecular weight excluding hydrogens is 302 g/mol. The highest BCUT2D eigenvalue weighted by Gasteiger charge is 2.29. The van der Waals surface area contributed by atoms with Crippen molar-refractivity contribution in [2.75, 3.05) is 0 Å². The van der Waals surface area contributed by atoms with Gasteiger partial charge in [-0.05, 0) is 46.5 Å². The average Bonchev–Trinajstić information content (AvgIpc) is 3.03. The molecule has 0 radical (unpaired) electrons. The van der Waals surface area contributed by atoms with E-state index in [-0.39, 0.29) is 0 Å². The first-order valence-corrected chi connectivity index (χ1v) is 8.83. The molecule has 1 aliphatic carbocycles. The van der Waals surface area contributed by atoms with Crippen molar-refractivity contribution in [3.8, 4) is 22.4 Å². The van der Waals surface area contributed by atoms with Gasteiger partial charge in [0, 0.05) is 11.6 Å². The first kappa shape index (κ1) is 14.4. The Bertz CT molecular complexity index is 1140. The minimum atomic E-state index is 1.01. The fraction of sp³-hybridized carbons (Fsp3) is 0.125. The summed E-state index contributed by atoms with van der Waals surface area (Å²) in [6.07, 6.45) is 1.01. The van der Waals surface area contributed by atoms with Gasteiger partial charge in [-0.1, -0.05) is 54.6 Å². The molecule has 1 heteroatoms. The lowest BCUT2D eigenvalue weighted by Gasteiger charge is -2.08. The smallest absolute Gasteiger partial charge is 0.197 e. The molecule has 0 N–H and O–H groups in total. The van der Waals surface area contributed by atoms with E-state index < -0.39 is 0 Å². The van der Waals surface area contributed by atoms with Crippen LogP contribution in [0.4, 0.5) is 0 Å². The molecule has 1 heterocycles. The lowest BCUT2D eigenvalue weighted by Crippen LogP contribution is -2.36. The van der Waals surface area contributed by atoms with Crippen LogP contribution in [0.25, 0.3) is 33.2 Å². The van der Waals surface area contributed by atoms with E-state index in [0.29, 0.717) is 0 Å². The number of hydrogen-bond donors (Lipinski definition) is 0. The third kappa shape index (κ3) is 2.05. The molecule has 0 bridgehead atoms. The standard InChI is InChI=1S/C24H20N/c1-16-7-3-5-9-19(16)22-14-13-21-23(25(22)2)15-18-12-11-17-8-4-6-10-20(17)24(18)21/h3-14H,15H2,1-2H3/q+1. The summed E-state index contributed by atoms with van der Waals surface area (Å²) in [4.78, 5) is 0. The molecular formula is C24H20N+. The van der Waals surface area contributed by atoms with Crippen molar-refractivity contribution in [3.63, 3.8) is 0 Å². The number of hydrogen-bond acceptors (Lipinski definition) is 0. The van der Waals surface area contributed by atoms with Crippen LogP contribution in [0, 0.1) is 6.92 Å². The highest BCUT2D eigenvalue weighted by molar-refractivity contribution is 6.00. The molecule has 120 valence electrons. The fourth-order valence-corrected chi connectivity index (χ4v) is 4.23. The Morgan fingerprint density at radius 1 is 0.760 bits per heavy atom. The van der Waals surface area contributed by atoms with Crippen LogP contribution in [0.3, 0.4) is 0 Å². The van der Waals surface area contributed by atoms with E-state index in [0.717, 1.165) is 6.42 Å². The van der Waals surface area contributed by atoms with Gasteiger partial charge in [0.15, 0.2) is 5.69 Å². The molecule has 1 nitrogen and oxygen atoms in total. The molecule has 4 aromatic rings. The Hall–Kier alpha value is -2.93. The van der Waals surface area contributed by atoms with Crippen molar-refractivity contribution in [1.29, 1.82) is 0 Å². The summed E-state index contributed by atoms with van der Waals surface area (Å²) in [5.74, 6) is 0. The predicted octanol–water partition coefficient (Wildman–Crippen LogP) is 5.21. The highest BCUT2D eigenvalue weighted by atomic mass is 15.0. The summed E-state index contributed by atoms with van der Waals surface area (Å²) in [7, 11) is 2.20. The second kappa shape index (κ2) is 5.29. The minimum absolute atomic E-state index is 1.01. The van der Waals surface area contributed by atoms with Gasteiger partial charge < -0.3 is 0 Å². The van der Waals surface area contributed by atoms with Crippen LogP contribution >= 0.6 is 0 Å². The lowest BCUT2D eigenvalue weighted by atomic mass is 9.98. The van der Waals surface area contributed by atoms with Gasteiger partial charge in [-0.25, -0.2) is 0 Å². The van der Waals surface area contributed by atoms with Crippen LogP contribution in [0.15, 0.2) is 72.8 Å². The number of pyridine rings is 1. The monoisotopic (exact) mass is 322 g/mol. The second-order valence-corrected chi connectivity index (χ2v) is 6.95. The van der Waals surface area contributed by atoms with Crippen LogP contribution in [-0.2, 0) is 13.5 Å². The first-order chi connectivity index (χ1) is 12.2. The summed E-state index contributed by atoms with van der Waals surface area (Å²) < 4.78 is 2.38. The number of rotatable bonds is 1. The van der Waals surface area contributed by atoms with E-state index in [1.54, 1.807) is 0 Å². The second-order valence-electron chi connectivity index (χ2n) is 6.95. The van der Waals surface area contributed by atoms with Crippen molar-refractivity contribution in [2.45, 2.75) is 13.3 Å². The molecule has 0 atom stereocenters. The Morgan fingerprint density at radius 3 is 2.44 bits per heavy atom. The Kier molecular flexibility index (Phi) is 3.05. The van der Waals surface area contributed by atoms with E-state index >= 15 is 0 Å². The molecule has 0 aliphatic heterocycles. The zero-order valence-electron chi connectivity index (χ0n) is 14.6. The molecule has 3 aromatic carbocycles. The van der Waals surface area contributed by atoms with Gasteiger partial charge in [0.1, 0.15) is 7.05 Å². The topological polar surface area (TPSA) is 3.88 Å². The number of nitrogens with zero attached hydrogens (tertiary/aromatic N) is 1. The molecule has 25 heavy (non-hydrogen) atoms. The van der Waals surface area contributed by atoms with Crippen molar-refractivity contribution in [1.82, 2.24) is 0 Å². The van der Waals surface area contributed by atoms with Crippen LogP contribution in [-0.4, -0.2) is 0 Å². The Morgan fingerprint density at radius 2 is 1.56 bits per heavy atom. The summed E-state index contributed by atoms with van der Waals surface area (Å²) >= 11 is 0. The number of benzene rings is 3. The van der Waals surface area contributed by atoms with E-state index in [9.17, 15) is 0 Å². The number of aromatic nitrogens is 1. The van der Waals surface area contributed by atoms with E-state index in [4.69, 9.17) is 0 Å². The molecule has 0 saturated heterocycles. The quantitative estimate of drug-likeness (QED) is 0.373. The normalized spacial score (nSPS) is 12.2. The van der Waals surface area contributed by atoms with E-state index in [2.05, 4.69) is 91.3 Å². The Labute approximate surface area is 148 Å². The zero-order chi connectivity index (χ0) is 17.0. The minimum Gasteiger partial charge on any atom is -0.197 e. The Balaban J connectivity index is 1.77. The summed E-state index contributed by atoms with van der Waals surface area (Å²) in [5.41, 5.74) is 9.56. The van der Waals surface area contributed by atoms with Crippen LogP contribution in [0.5, 0.6) is 0 Å². The first-order valence-electron chi connectivity index (χ1n) is 8.83. The molecule has 1 aliphatic rings. The van der Waals surface area contributed by atoms with Gasteiger partial charge in [0.2, 0.25) is 5.69 Å². The number of fused-ring (bicyclic) bond motifs is 5. The van der Waals surface area contributed by atoms with E-state index in [1.165, 1.54) is 50.0 Å². The molecule has 5 rings (SSSR count). The summed E-state index contributed by atoms with van der Waals surface area (Å²) in [6.45, 7) is 2.19. The number of aryl methyl sites for hydroxylation is 1. The molecule has 1 aromatic heterocycles. The fourth-order valence-electron chi connectivity index (χ4n) is 4.23. The maximum atomic E-state index is 2.38. The van der Waals surface area contributed by atoms with Gasteiger partial charge in [0.25, 0.3) is 0 Å². The van der Waals surface area contributed by atoms with Crippen LogP contribution in [0.1, 0.15) is 16.8 Å². The predicted molar refractivity (Wildman–Crippen MR) is 104 cm³/mol. The van der Waals surface area contributed by atoms with Crippen LogP contribution in [0.2, 0.25) is 0 Å². The lowest BCUT2D eigenvalue weighted by molar-refractivity contribution is -0.666. The summed E-state index contributed by atoms with van der Waals surface area (Å²) in [6, 6.07) is 26.5. The maximum absolute atomic E-state index is 2.38. The molecule has 0 spiro atoms. The van der Waals surface area contributed by atoms with E-state index in [1.807, 2.05) is 0 Å². The van der Waals surface area contributed by atoms with Crippen molar-refractivity contribution in [3.05, 3.63) is 89.6 Å². The third-order valence-corrected chi connectivity index (χ3v) is 5.55. The molecule has 0 unspecified atom stereocenters. The SMILES string of the molecule is Cc1ccccc1-c1ccc2c([n+]1C)Cc1ccc3ccccc3c1-2. The third-order valence-electron chi connectivity index (χ3n) is 5.55. The van der Waals surface area contributed by atoms with Gasteiger partial charge in [-0.15, -0.1) is 0 Å². The van der Waals surface area contributed by atoms with Crippen molar-refractivity contribution < 1.29 is 4.57 Å². The maximum Gasteiger partial charge on any atom is 0.212 e. The highest BCUT2D eigenvalue weighted by Crippen LogP contribution is 2.40. The van der Waals surface area contributed by atoms with Gasteiger partial charge in [0.05, 0.1) is 12.0 Å². The summed E-state index contributed by atoms with van der Waals surface area (Å²) in [5, 5.41) is 2.68. The zero-order valence-corrected chi connectivity index (χ0v) is 14.6. The van der Waals surface area contributed by atoms with Gasteiger partial charge in [-0.2, -0.15) is 4.57 Å². The largest absolute Gasteiger partial charge is 0.212 e. The van der Waals surface area contributed by atoms with Crippen molar-refractivity contribution in [2.24, 2.45) is 7.05 Å². The van der Waals surface area contributed by atoms with Crippen molar-refractivity contribution >= 4 is 10.8 Å².